The van der Waals surface area contributed by atoms with E-state index in [2.05, 4.69) is 10.00 Å². The number of anilines is 1. The molecule has 10 heteroatoms. The molecule has 0 spiro atoms. The molecule has 4 rings (SSSR count). The molecule has 0 atom stereocenters. The van der Waals surface area contributed by atoms with Crippen LogP contribution in [0.1, 0.15) is 13.3 Å². The van der Waals surface area contributed by atoms with Crippen LogP contribution in [0, 0.1) is 10.1 Å². The van der Waals surface area contributed by atoms with Crippen LogP contribution >= 0.6 is 0 Å². The molecule has 0 amide bonds. The van der Waals surface area contributed by atoms with Gasteiger partial charge in [-0.05, 0) is 30.7 Å². The fourth-order valence-corrected chi connectivity index (χ4v) is 3.73. The van der Waals surface area contributed by atoms with Crippen molar-refractivity contribution in [2.24, 2.45) is 0 Å². The molecular formula is C24H26N4O6. The molecule has 1 aliphatic heterocycles. The van der Waals surface area contributed by atoms with Crippen LogP contribution in [0.4, 0.5) is 11.4 Å². The van der Waals surface area contributed by atoms with Gasteiger partial charge in [0.1, 0.15) is 11.4 Å². The monoisotopic (exact) mass is 466 g/mol. The van der Waals surface area contributed by atoms with Crippen LogP contribution in [0.25, 0.3) is 16.9 Å². The molecule has 1 saturated heterocycles. The van der Waals surface area contributed by atoms with E-state index in [1.807, 2.05) is 13.0 Å². The Balaban J connectivity index is 1.91. The third-order valence-electron chi connectivity index (χ3n) is 5.47. The summed E-state index contributed by atoms with van der Waals surface area (Å²) in [5, 5.41) is 16.4. The van der Waals surface area contributed by atoms with Gasteiger partial charge in [-0.15, -0.1) is 0 Å². The van der Waals surface area contributed by atoms with E-state index < -0.39 is 10.5 Å². The first kappa shape index (κ1) is 23.2. The third kappa shape index (κ3) is 4.86. The summed E-state index contributed by atoms with van der Waals surface area (Å²) in [4.78, 5) is 26.8. The number of nitro benzene ring substituents is 1. The number of ether oxygens (including phenoxy) is 3. The van der Waals surface area contributed by atoms with Gasteiger partial charge in [-0.1, -0.05) is 19.1 Å². The van der Waals surface area contributed by atoms with Crippen molar-refractivity contribution in [1.82, 2.24) is 9.78 Å². The Bertz CT molecular complexity index is 1240. The van der Waals surface area contributed by atoms with Crippen LogP contribution in [0.3, 0.4) is 0 Å². The maximum atomic E-state index is 13.3. The molecule has 0 saturated carbocycles. The quantitative estimate of drug-likeness (QED) is 0.367. The van der Waals surface area contributed by atoms with E-state index in [9.17, 15) is 14.9 Å². The number of hydrogen-bond acceptors (Lipinski definition) is 8. The second-order valence-corrected chi connectivity index (χ2v) is 7.72. The predicted molar refractivity (Wildman–Crippen MR) is 127 cm³/mol. The second-order valence-electron chi connectivity index (χ2n) is 7.72. The molecule has 2 aromatic carbocycles. The summed E-state index contributed by atoms with van der Waals surface area (Å²) < 4.78 is 17.5. The maximum Gasteiger partial charge on any atom is 0.314 e. The normalized spacial score (nSPS) is 13.5. The van der Waals surface area contributed by atoms with Crippen molar-refractivity contribution < 1.29 is 19.1 Å². The van der Waals surface area contributed by atoms with E-state index in [4.69, 9.17) is 14.2 Å². The largest absolute Gasteiger partial charge is 0.497 e. The summed E-state index contributed by atoms with van der Waals surface area (Å²) in [6.07, 6.45) is 0.697. The van der Waals surface area contributed by atoms with Gasteiger partial charge in [0, 0.05) is 36.5 Å². The van der Waals surface area contributed by atoms with Crippen molar-refractivity contribution in [3.8, 4) is 28.4 Å². The summed E-state index contributed by atoms with van der Waals surface area (Å²) in [6.45, 7) is 4.67. The number of morpholine rings is 1. The zero-order valence-corrected chi connectivity index (χ0v) is 19.1. The summed E-state index contributed by atoms with van der Waals surface area (Å²) >= 11 is 0. The first-order valence-electron chi connectivity index (χ1n) is 11.0. The predicted octanol–water partition coefficient (Wildman–Crippen LogP) is 3.44. The van der Waals surface area contributed by atoms with Gasteiger partial charge in [0.2, 0.25) is 0 Å². The maximum absolute atomic E-state index is 13.3. The molecule has 178 valence electrons. The molecule has 1 aliphatic rings. The topological polar surface area (TPSA) is 109 Å². The van der Waals surface area contributed by atoms with E-state index in [0.29, 0.717) is 56.3 Å². The fourth-order valence-electron chi connectivity index (χ4n) is 3.73. The average molecular weight is 466 g/mol. The Morgan fingerprint density at radius 2 is 1.94 bits per heavy atom. The molecule has 1 aromatic heterocycles. The van der Waals surface area contributed by atoms with Crippen molar-refractivity contribution >= 4 is 11.4 Å². The van der Waals surface area contributed by atoms with Crippen molar-refractivity contribution in [2.45, 2.75) is 13.3 Å². The van der Waals surface area contributed by atoms with Gasteiger partial charge in [0.25, 0.3) is 5.69 Å². The SMILES string of the molecule is CCCOc1cc(-c2cccc(OC)c2)nn(-c2cc(N3CCOCC3)ccc2[N+](=O)[O-])c1=O. The fraction of sp³-hybridized carbons (Fsp3) is 0.333. The molecule has 1 fully saturated rings. The van der Waals surface area contributed by atoms with Crippen molar-refractivity contribution in [2.75, 3.05) is 44.9 Å². The molecule has 34 heavy (non-hydrogen) atoms. The smallest absolute Gasteiger partial charge is 0.314 e. The van der Waals surface area contributed by atoms with E-state index in [0.717, 1.165) is 10.4 Å². The number of methoxy groups -OCH3 is 1. The standard InChI is InChI=1S/C24H26N4O6/c1-3-11-34-23-16-20(17-5-4-6-19(14-17)32-2)25-27(24(23)29)22-15-18(7-8-21(22)28(30)31)26-9-12-33-13-10-26/h4-8,14-16H,3,9-13H2,1-2H3. The van der Waals surface area contributed by atoms with Crippen LogP contribution in [-0.4, -0.2) is 54.7 Å². The minimum atomic E-state index is -0.567. The van der Waals surface area contributed by atoms with E-state index in [-0.39, 0.29) is 17.1 Å². The lowest BCUT2D eigenvalue weighted by Gasteiger charge is -2.29. The van der Waals surface area contributed by atoms with Crippen LogP contribution in [0.5, 0.6) is 11.5 Å². The molecule has 0 bridgehead atoms. The van der Waals surface area contributed by atoms with Crippen molar-refractivity contribution in [3.05, 3.63) is 69.0 Å². The van der Waals surface area contributed by atoms with Gasteiger partial charge in [0.05, 0.1) is 37.5 Å². The van der Waals surface area contributed by atoms with Crippen LogP contribution < -0.4 is 19.9 Å². The minimum absolute atomic E-state index is 0.0701. The van der Waals surface area contributed by atoms with E-state index >= 15 is 0 Å². The Labute approximate surface area is 196 Å². The number of hydrogen-bond donors (Lipinski definition) is 0. The second kappa shape index (κ2) is 10.3. The lowest BCUT2D eigenvalue weighted by atomic mass is 10.1. The summed E-state index contributed by atoms with van der Waals surface area (Å²) in [7, 11) is 1.56. The molecule has 2 heterocycles. The number of benzene rings is 2. The Hall–Kier alpha value is -3.92. The Morgan fingerprint density at radius 3 is 2.65 bits per heavy atom. The highest BCUT2D eigenvalue weighted by atomic mass is 16.6. The zero-order valence-electron chi connectivity index (χ0n) is 19.1. The third-order valence-corrected chi connectivity index (χ3v) is 5.47. The molecule has 3 aromatic rings. The van der Waals surface area contributed by atoms with Gasteiger partial charge in [-0.25, -0.2) is 0 Å². The molecule has 0 aliphatic carbocycles. The van der Waals surface area contributed by atoms with E-state index in [1.165, 1.54) is 6.07 Å². The number of nitro groups is 1. The lowest BCUT2D eigenvalue weighted by molar-refractivity contribution is -0.384. The van der Waals surface area contributed by atoms with Crippen LogP contribution in [-0.2, 0) is 4.74 Å². The summed E-state index contributed by atoms with van der Waals surface area (Å²) in [6, 6.07) is 13.5. The summed E-state index contributed by atoms with van der Waals surface area (Å²) in [5.74, 6) is 0.689. The number of nitrogens with zero attached hydrogens (tertiary/aromatic N) is 4. The number of aromatic nitrogens is 2. The highest BCUT2D eigenvalue weighted by Crippen LogP contribution is 2.30. The van der Waals surface area contributed by atoms with Crippen LogP contribution in [0.15, 0.2) is 53.3 Å². The molecule has 0 N–H and O–H groups in total. The molecular weight excluding hydrogens is 440 g/mol. The van der Waals surface area contributed by atoms with Gasteiger partial charge >= 0.3 is 5.56 Å². The average Bonchev–Trinajstić information content (AvgIpc) is 2.88. The first-order valence-corrected chi connectivity index (χ1v) is 11.0. The van der Waals surface area contributed by atoms with Gasteiger partial charge in [0.15, 0.2) is 5.75 Å². The molecule has 0 radical (unpaired) electrons. The van der Waals surface area contributed by atoms with Crippen molar-refractivity contribution in [1.29, 1.82) is 0 Å². The molecule has 10 nitrogen and oxygen atoms in total. The van der Waals surface area contributed by atoms with Crippen LogP contribution in [0.2, 0.25) is 0 Å². The van der Waals surface area contributed by atoms with Gasteiger partial charge in [-0.3, -0.25) is 14.9 Å². The highest BCUT2D eigenvalue weighted by Gasteiger charge is 2.23. The molecule has 0 unspecified atom stereocenters. The van der Waals surface area contributed by atoms with Gasteiger partial charge < -0.3 is 19.1 Å². The summed E-state index contributed by atoms with van der Waals surface area (Å²) in [5.41, 5.74) is 1.14. The van der Waals surface area contributed by atoms with Crippen molar-refractivity contribution in [3.63, 3.8) is 0 Å². The first-order chi connectivity index (χ1) is 16.5. The number of rotatable bonds is 8. The zero-order chi connectivity index (χ0) is 24.1. The van der Waals surface area contributed by atoms with Gasteiger partial charge in [-0.2, -0.15) is 9.78 Å². The Morgan fingerprint density at radius 1 is 1.15 bits per heavy atom. The lowest BCUT2D eigenvalue weighted by Crippen LogP contribution is -2.36. The Kier molecular flexibility index (Phi) is 7.07. The highest BCUT2D eigenvalue weighted by molar-refractivity contribution is 5.65. The van der Waals surface area contributed by atoms with E-state index in [1.54, 1.807) is 43.5 Å². The minimum Gasteiger partial charge on any atom is -0.497 e.